The number of aromatic nitrogens is 4. The third kappa shape index (κ3) is 3.97. The molecule has 0 saturated carbocycles. The number of fused-ring (bicyclic) bond motifs is 7. The molecule has 3 heterocycles. The van der Waals surface area contributed by atoms with Crippen LogP contribution in [-0.2, 0) is 0 Å². The van der Waals surface area contributed by atoms with Crippen molar-refractivity contribution in [1.29, 1.82) is 0 Å². The Bertz CT molecular complexity index is 2530. The molecule has 0 atom stereocenters. The van der Waals surface area contributed by atoms with Crippen LogP contribution in [0.2, 0.25) is 0 Å². The molecule has 43 heavy (non-hydrogen) atoms. The van der Waals surface area contributed by atoms with Gasteiger partial charge < -0.3 is 0 Å². The van der Waals surface area contributed by atoms with E-state index in [0.29, 0.717) is 17.5 Å². The summed E-state index contributed by atoms with van der Waals surface area (Å²) in [5.41, 5.74) is 3.55. The molecule has 0 spiro atoms. The van der Waals surface area contributed by atoms with Crippen molar-refractivity contribution >= 4 is 64.0 Å². The molecular weight excluding hydrogens is 545 g/mol. The van der Waals surface area contributed by atoms with Gasteiger partial charge in [0.2, 0.25) is 0 Å². The normalized spacial score (nSPS) is 11.7. The van der Waals surface area contributed by atoms with Crippen molar-refractivity contribution in [2.45, 2.75) is 0 Å². The lowest BCUT2D eigenvalue weighted by atomic mass is 9.97. The number of nitrogens with zero attached hydrogens (tertiary/aromatic N) is 4. The predicted octanol–water partition coefficient (Wildman–Crippen LogP) is 10.1. The maximum atomic E-state index is 5.14. The molecule has 0 amide bonds. The van der Waals surface area contributed by atoms with E-state index < -0.39 is 0 Å². The number of para-hydroxylation sites is 1. The number of hydrogen-bond acceptors (Lipinski definition) is 5. The van der Waals surface area contributed by atoms with Crippen molar-refractivity contribution in [1.82, 2.24) is 19.9 Å². The van der Waals surface area contributed by atoms with Crippen LogP contribution in [0.15, 0.2) is 133 Å². The van der Waals surface area contributed by atoms with Crippen molar-refractivity contribution in [3.63, 3.8) is 0 Å². The van der Waals surface area contributed by atoms with Gasteiger partial charge in [0.25, 0.3) is 0 Å². The highest BCUT2D eigenvalue weighted by Gasteiger charge is 2.17. The first-order chi connectivity index (χ1) is 21.3. The summed E-state index contributed by atoms with van der Waals surface area (Å²) in [6.07, 6.45) is 0. The van der Waals surface area contributed by atoms with Crippen LogP contribution >= 0.6 is 11.3 Å². The minimum atomic E-state index is 0.554. The van der Waals surface area contributed by atoms with E-state index in [1.54, 1.807) is 11.3 Å². The van der Waals surface area contributed by atoms with Gasteiger partial charge in [-0.25, -0.2) is 19.9 Å². The smallest absolute Gasteiger partial charge is 0.182 e. The molecule has 200 valence electrons. The number of benzene rings is 6. The van der Waals surface area contributed by atoms with Crippen LogP contribution in [-0.4, -0.2) is 19.9 Å². The van der Waals surface area contributed by atoms with Gasteiger partial charge in [0.05, 0.1) is 5.52 Å². The maximum absolute atomic E-state index is 5.14. The zero-order chi connectivity index (χ0) is 28.3. The first kappa shape index (κ1) is 24.1. The van der Waals surface area contributed by atoms with Crippen LogP contribution in [0.4, 0.5) is 0 Å². The molecule has 4 nitrogen and oxygen atoms in total. The van der Waals surface area contributed by atoms with Gasteiger partial charge in [0, 0.05) is 42.1 Å². The zero-order valence-corrected chi connectivity index (χ0v) is 23.7. The Morgan fingerprint density at radius 1 is 0.419 bits per heavy atom. The van der Waals surface area contributed by atoms with Crippen LogP contribution < -0.4 is 0 Å². The van der Waals surface area contributed by atoms with E-state index in [0.717, 1.165) is 38.5 Å². The Morgan fingerprint density at radius 2 is 1.12 bits per heavy atom. The van der Waals surface area contributed by atoms with Crippen LogP contribution in [0, 0.1) is 0 Å². The van der Waals surface area contributed by atoms with Crippen LogP contribution in [0.1, 0.15) is 0 Å². The monoisotopic (exact) mass is 566 g/mol. The molecule has 0 N–H and O–H groups in total. The van der Waals surface area contributed by atoms with E-state index in [9.17, 15) is 0 Å². The second-order valence-electron chi connectivity index (χ2n) is 10.7. The van der Waals surface area contributed by atoms with Crippen LogP contribution in [0.5, 0.6) is 0 Å². The number of hydrogen-bond donors (Lipinski definition) is 0. The number of rotatable bonds is 3. The van der Waals surface area contributed by atoms with Gasteiger partial charge in [-0.15, -0.1) is 11.3 Å². The number of thiophene rings is 1. The van der Waals surface area contributed by atoms with Gasteiger partial charge in [-0.3, -0.25) is 0 Å². The van der Waals surface area contributed by atoms with E-state index in [2.05, 4.69) is 109 Å². The highest BCUT2D eigenvalue weighted by atomic mass is 32.1. The van der Waals surface area contributed by atoms with E-state index in [4.69, 9.17) is 19.9 Å². The summed E-state index contributed by atoms with van der Waals surface area (Å²) in [6.45, 7) is 0. The van der Waals surface area contributed by atoms with Crippen LogP contribution in [0.25, 0.3) is 86.9 Å². The minimum absolute atomic E-state index is 0.554. The Morgan fingerprint density at radius 3 is 2.07 bits per heavy atom. The third-order valence-corrected chi connectivity index (χ3v) is 9.26. The molecular formula is C38H22N4S. The van der Waals surface area contributed by atoms with Gasteiger partial charge in [-0.2, -0.15) is 0 Å². The summed E-state index contributed by atoms with van der Waals surface area (Å²) in [7, 11) is 0. The molecule has 3 aromatic heterocycles. The third-order valence-electron chi connectivity index (χ3n) is 8.11. The summed E-state index contributed by atoms with van der Waals surface area (Å²) >= 11 is 1.81. The first-order valence-corrected chi connectivity index (χ1v) is 15.0. The van der Waals surface area contributed by atoms with E-state index in [-0.39, 0.29) is 0 Å². The van der Waals surface area contributed by atoms with Crippen LogP contribution in [0.3, 0.4) is 0 Å². The second kappa shape index (κ2) is 9.51. The molecule has 0 bridgehead atoms. The molecule has 9 rings (SSSR count). The Kier molecular flexibility index (Phi) is 5.33. The number of pyridine rings is 1. The summed E-state index contributed by atoms with van der Waals surface area (Å²) in [6, 6.07) is 46.4. The zero-order valence-electron chi connectivity index (χ0n) is 22.9. The molecule has 9 aromatic rings. The lowest BCUT2D eigenvalue weighted by molar-refractivity contribution is 1.07. The lowest BCUT2D eigenvalue weighted by Gasteiger charge is -2.12. The molecule has 6 aromatic carbocycles. The fourth-order valence-electron chi connectivity index (χ4n) is 6.04. The van der Waals surface area contributed by atoms with Crippen molar-refractivity contribution < 1.29 is 0 Å². The van der Waals surface area contributed by atoms with Crippen molar-refractivity contribution in [3.05, 3.63) is 133 Å². The summed E-state index contributed by atoms with van der Waals surface area (Å²) in [4.78, 5) is 20.2. The fourth-order valence-corrected chi connectivity index (χ4v) is 7.13. The van der Waals surface area contributed by atoms with Crippen molar-refractivity contribution in [2.24, 2.45) is 0 Å². The quantitative estimate of drug-likeness (QED) is 0.200. The molecule has 0 aliphatic carbocycles. The fraction of sp³-hybridized carbons (Fsp3) is 0. The minimum Gasteiger partial charge on any atom is -0.244 e. The molecule has 0 saturated heterocycles. The molecule has 0 radical (unpaired) electrons. The highest BCUT2D eigenvalue weighted by Crippen LogP contribution is 2.37. The van der Waals surface area contributed by atoms with Gasteiger partial charge in [-0.1, -0.05) is 97.1 Å². The molecule has 5 heteroatoms. The summed E-state index contributed by atoms with van der Waals surface area (Å²) < 4.78 is 2.52. The van der Waals surface area contributed by atoms with Crippen molar-refractivity contribution in [3.8, 4) is 34.3 Å². The average Bonchev–Trinajstić information content (AvgIpc) is 3.45. The van der Waals surface area contributed by atoms with Gasteiger partial charge in [-0.05, 0) is 52.6 Å². The Labute approximate surface area is 251 Å². The molecule has 0 aliphatic heterocycles. The molecule has 0 aliphatic rings. The Balaban J connectivity index is 1.33. The topological polar surface area (TPSA) is 51.6 Å². The van der Waals surface area contributed by atoms with Crippen molar-refractivity contribution in [2.75, 3.05) is 0 Å². The summed E-state index contributed by atoms with van der Waals surface area (Å²) in [5.74, 6) is 1.81. The van der Waals surface area contributed by atoms with Gasteiger partial charge in [0.1, 0.15) is 5.69 Å². The summed E-state index contributed by atoms with van der Waals surface area (Å²) in [5, 5.41) is 8.18. The molecule has 0 unspecified atom stereocenters. The van der Waals surface area contributed by atoms with E-state index in [1.807, 2.05) is 24.3 Å². The van der Waals surface area contributed by atoms with E-state index in [1.165, 1.54) is 30.9 Å². The predicted molar refractivity (Wildman–Crippen MR) is 179 cm³/mol. The average molecular weight is 567 g/mol. The second-order valence-corrected chi connectivity index (χ2v) is 11.8. The SMILES string of the molecule is c1ccc2nc(-c3nc(-c4ccc5sc6ccccc6c5c4)nc(-c4cccc5ccc6ccccc6c45)n3)ccc2c1. The van der Waals surface area contributed by atoms with E-state index >= 15 is 0 Å². The largest absolute Gasteiger partial charge is 0.244 e. The first-order valence-electron chi connectivity index (χ1n) is 14.2. The van der Waals surface area contributed by atoms with Gasteiger partial charge >= 0.3 is 0 Å². The highest BCUT2D eigenvalue weighted by molar-refractivity contribution is 7.25. The molecule has 0 fully saturated rings. The van der Waals surface area contributed by atoms with Gasteiger partial charge in [0.15, 0.2) is 17.5 Å². The standard InChI is InChI=1S/C38H22N4S/c1-3-11-27-23(8-1)16-17-25-10-7-13-29(35(25)27)37-40-36(26-19-21-34-30(22-26)28-12-4-6-15-33(28)43-34)41-38(42-37)32-20-18-24-9-2-5-14-31(24)39-32/h1-22H. The lowest BCUT2D eigenvalue weighted by Crippen LogP contribution is -2.01. The maximum Gasteiger partial charge on any atom is 0.182 e. The Hall–Kier alpha value is -5.52.